The molecule has 0 bridgehead atoms. The van der Waals surface area contributed by atoms with Crippen LogP contribution in [0.5, 0.6) is 0 Å². The number of hydrogen-bond acceptors (Lipinski definition) is 4. The van der Waals surface area contributed by atoms with Crippen molar-refractivity contribution in [2.24, 2.45) is 5.92 Å². The maximum atomic E-state index is 10.7. The molecule has 2 aliphatic rings. The Morgan fingerprint density at radius 3 is 2.75 bits per heavy atom. The standard InChI is InChI=1S/C7H13N3O2/c11-7(12)4-1-2-5-6(3-4)9-10-8-5/h4-6,8-10H,1-3H2,(H,11,12). The molecule has 0 aromatic heterocycles. The van der Waals surface area contributed by atoms with Gasteiger partial charge in [-0.2, -0.15) is 5.53 Å². The van der Waals surface area contributed by atoms with Crippen molar-refractivity contribution < 1.29 is 9.90 Å². The number of carbonyl (C=O) groups is 1. The topological polar surface area (TPSA) is 73.4 Å². The predicted octanol–water partition coefficient (Wildman–Crippen LogP) is -0.779. The normalized spacial score (nSPS) is 40.8. The van der Waals surface area contributed by atoms with Gasteiger partial charge in [-0.25, -0.2) is 10.9 Å². The van der Waals surface area contributed by atoms with E-state index in [0.29, 0.717) is 6.04 Å². The van der Waals surface area contributed by atoms with E-state index in [4.69, 9.17) is 5.11 Å². The van der Waals surface area contributed by atoms with Gasteiger partial charge in [-0.15, -0.1) is 0 Å². The molecule has 68 valence electrons. The highest BCUT2D eigenvalue weighted by atomic mass is 16.4. The highest BCUT2D eigenvalue weighted by molar-refractivity contribution is 5.70. The first-order valence-electron chi connectivity index (χ1n) is 4.26. The molecule has 5 nitrogen and oxygen atoms in total. The zero-order chi connectivity index (χ0) is 8.55. The lowest BCUT2D eigenvalue weighted by atomic mass is 9.83. The van der Waals surface area contributed by atoms with E-state index in [0.717, 1.165) is 19.3 Å². The molecule has 0 amide bonds. The Kier molecular flexibility index (Phi) is 2.00. The first-order chi connectivity index (χ1) is 5.77. The number of nitrogens with one attached hydrogen (secondary N) is 3. The van der Waals surface area contributed by atoms with Gasteiger partial charge in [-0.1, -0.05) is 0 Å². The van der Waals surface area contributed by atoms with E-state index in [2.05, 4.69) is 16.4 Å². The third kappa shape index (κ3) is 1.31. The monoisotopic (exact) mass is 171 g/mol. The largest absolute Gasteiger partial charge is 0.481 e. The molecule has 0 radical (unpaired) electrons. The highest BCUT2D eigenvalue weighted by Crippen LogP contribution is 2.25. The Labute approximate surface area is 70.5 Å². The summed E-state index contributed by atoms with van der Waals surface area (Å²) in [5.74, 6) is -0.831. The Hall–Kier alpha value is -0.650. The first kappa shape index (κ1) is 7.97. The fourth-order valence-electron chi connectivity index (χ4n) is 1.95. The maximum Gasteiger partial charge on any atom is 0.306 e. The molecule has 0 aromatic rings. The molecule has 3 atom stereocenters. The molecule has 12 heavy (non-hydrogen) atoms. The van der Waals surface area contributed by atoms with E-state index >= 15 is 0 Å². The second-order valence-electron chi connectivity index (χ2n) is 3.47. The van der Waals surface area contributed by atoms with Crippen LogP contribution in [0, 0.1) is 5.92 Å². The zero-order valence-electron chi connectivity index (χ0n) is 6.71. The van der Waals surface area contributed by atoms with Gasteiger partial charge in [0, 0.05) is 12.1 Å². The summed E-state index contributed by atoms with van der Waals surface area (Å²) in [4.78, 5) is 10.7. The third-order valence-corrected chi connectivity index (χ3v) is 2.71. The molecule has 3 unspecified atom stereocenters. The second kappa shape index (κ2) is 3.01. The molecule has 1 aliphatic heterocycles. The summed E-state index contributed by atoms with van der Waals surface area (Å²) >= 11 is 0. The molecule has 4 N–H and O–H groups in total. The molecular formula is C7H13N3O2. The Morgan fingerprint density at radius 2 is 2.00 bits per heavy atom. The fraction of sp³-hybridized carbons (Fsp3) is 0.857. The van der Waals surface area contributed by atoms with Crippen molar-refractivity contribution in [3.8, 4) is 0 Å². The SMILES string of the molecule is O=C(O)C1CCC2NNNC2C1. The summed E-state index contributed by atoms with van der Waals surface area (Å²) in [6, 6.07) is 0.681. The lowest BCUT2D eigenvalue weighted by Crippen LogP contribution is -2.41. The van der Waals surface area contributed by atoms with Crippen LogP contribution in [0.15, 0.2) is 0 Å². The van der Waals surface area contributed by atoms with Crippen molar-refractivity contribution in [1.29, 1.82) is 0 Å². The number of fused-ring (bicyclic) bond motifs is 1. The molecule has 1 saturated carbocycles. The van der Waals surface area contributed by atoms with Crippen molar-refractivity contribution in [3.63, 3.8) is 0 Å². The van der Waals surface area contributed by atoms with Crippen LogP contribution < -0.4 is 16.4 Å². The second-order valence-corrected chi connectivity index (χ2v) is 3.47. The first-order valence-corrected chi connectivity index (χ1v) is 4.26. The number of carboxylic acid groups (broad SMARTS) is 1. The van der Waals surface area contributed by atoms with Crippen LogP contribution in [0.1, 0.15) is 19.3 Å². The van der Waals surface area contributed by atoms with Crippen LogP contribution in [-0.2, 0) is 4.79 Å². The van der Waals surface area contributed by atoms with Crippen LogP contribution in [0.2, 0.25) is 0 Å². The lowest BCUT2D eigenvalue weighted by molar-refractivity contribution is -0.143. The van der Waals surface area contributed by atoms with Crippen LogP contribution in [0.4, 0.5) is 0 Å². The van der Waals surface area contributed by atoms with Crippen molar-refractivity contribution >= 4 is 5.97 Å². The van der Waals surface area contributed by atoms with Gasteiger partial charge in [0.1, 0.15) is 0 Å². The van der Waals surface area contributed by atoms with E-state index in [1.807, 2.05) is 0 Å². The Balaban J connectivity index is 1.96. The van der Waals surface area contributed by atoms with Crippen LogP contribution in [0.3, 0.4) is 0 Å². The number of carboxylic acids is 1. The van der Waals surface area contributed by atoms with Crippen LogP contribution in [0.25, 0.3) is 0 Å². The minimum absolute atomic E-state index is 0.166. The van der Waals surface area contributed by atoms with Gasteiger partial charge in [0.15, 0.2) is 0 Å². The minimum Gasteiger partial charge on any atom is -0.481 e. The molecule has 2 rings (SSSR count). The molecule has 5 heteroatoms. The number of rotatable bonds is 1. The maximum absolute atomic E-state index is 10.7. The van der Waals surface area contributed by atoms with E-state index in [1.54, 1.807) is 0 Å². The number of aliphatic carboxylic acids is 1. The van der Waals surface area contributed by atoms with Gasteiger partial charge in [-0.05, 0) is 19.3 Å². The average molecular weight is 171 g/mol. The quantitative estimate of drug-likeness (QED) is 0.416. The Bertz CT molecular complexity index is 197. The fourth-order valence-corrected chi connectivity index (χ4v) is 1.95. The van der Waals surface area contributed by atoms with Crippen LogP contribution >= 0.6 is 0 Å². The molecule has 0 spiro atoms. The summed E-state index contributed by atoms with van der Waals surface area (Å²) in [6.45, 7) is 0. The van der Waals surface area contributed by atoms with E-state index in [9.17, 15) is 4.79 Å². The molecule has 1 aliphatic carbocycles. The average Bonchev–Trinajstić information content (AvgIpc) is 2.49. The van der Waals surface area contributed by atoms with Crippen molar-refractivity contribution in [2.75, 3.05) is 0 Å². The predicted molar refractivity (Wildman–Crippen MR) is 42.0 cm³/mol. The van der Waals surface area contributed by atoms with Gasteiger partial charge in [0.2, 0.25) is 0 Å². The minimum atomic E-state index is -0.665. The molecule has 1 heterocycles. The highest BCUT2D eigenvalue weighted by Gasteiger charge is 2.36. The molecular weight excluding hydrogens is 158 g/mol. The lowest BCUT2D eigenvalue weighted by Gasteiger charge is -2.27. The van der Waals surface area contributed by atoms with E-state index in [1.165, 1.54) is 0 Å². The summed E-state index contributed by atoms with van der Waals surface area (Å²) in [5, 5.41) is 8.79. The third-order valence-electron chi connectivity index (χ3n) is 2.71. The summed E-state index contributed by atoms with van der Waals surface area (Å²) in [5.41, 5.74) is 8.91. The van der Waals surface area contributed by atoms with Gasteiger partial charge in [0.25, 0.3) is 0 Å². The van der Waals surface area contributed by atoms with Crippen molar-refractivity contribution in [3.05, 3.63) is 0 Å². The smallest absolute Gasteiger partial charge is 0.306 e. The van der Waals surface area contributed by atoms with Crippen molar-refractivity contribution in [1.82, 2.24) is 16.4 Å². The number of hydrogen-bond donors (Lipinski definition) is 4. The number of hydrazine groups is 2. The summed E-state index contributed by atoms with van der Waals surface area (Å²) in [6.07, 6.45) is 2.44. The van der Waals surface area contributed by atoms with E-state index in [-0.39, 0.29) is 12.0 Å². The van der Waals surface area contributed by atoms with Gasteiger partial charge in [-0.3, -0.25) is 4.79 Å². The van der Waals surface area contributed by atoms with Gasteiger partial charge >= 0.3 is 5.97 Å². The van der Waals surface area contributed by atoms with Crippen molar-refractivity contribution in [2.45, 2.75) is 31.3 Å². The molecule has 2 fully saturated rings. The van der Waals surface area contributed by atoms with E-state index < -0.39 is 5.97 Å². The summed E-state index contributed by atoms with van der Waals surface area (Å²) in [7, 11) is 0. The van der Waals surface area contributed by atoms with Crippen LogP contribution in [-0.4, -0.2) is 23.2 Å². The Morgan fingerprint density at radius 1 is 1.25 bits per heavy atom. The molecule has 1 saturated heterocycles. The zero-order valence-corrected chi connectivity index (χ0v) is 6.71. The molecule has 0 aromatic carbocycles. The van der Waals surface area contributed by atoms with Gasteiger partial charge in [0.05, 0.1) is 5.92 Å². The van der Waals surface area contributed by atoms with Gasteiger partial charge < -0.3 is 5.11 Å². The summed E-state index contributed by atoms with van der Waals surface area (Å²) < 4.78 is 0.